The van der Waals surface area contributed by atoms with Crippen LogP contribution in [0.4, 0.5) is 0 Å². The minimum atomic E-state index is -3.80. The van der Waals surface area contributed by atoms with E-state index in [0.717, 1.165) is 24.8 Å². The Labute approximate surface area is 166 Å². The molecule has 0 fully saturated rings. The van der Waals surface area contributed by atoms with E-state index in [1.807, 2.05) is 13.0 Å². The lowest BCUT2D eigenvalue weighted by Crippen LogP contribution is -2.28. The topological polar surface area (TPSA) is 84.5 Å². The number of aryl methyl sites for hydroxylation is 2. The van der Waals surface area contributed by atoms with Crippen LogP contribution < -0.4 is 14.8 Å². The molecule has 1 aliphatic carbocycles. The predicted molar refractivity (Wildman–Crippen MR) is 108 cm³/mol. The minimum absolute atomic E-state index is 0.0302. The van der Waals surface area contributed by atoms with Crippen LogP contribution in [0.5, 0.6) is 5.75 Å². The second kappa shape index (κ2) is 8.32. The number of fused-ring (bicyclic) bond motifs is 1. The summed E-state index contributed by atoms with van der Waals surface area (Å²) in [5.41, 5.74) is 3.77. The Morgan fingerprint density at radius 2 is 1.89 bits per heavy atom. The van der Waals surface area contributed by atoms with Crippen molar-refractivity contribution in [1.82, 2.24) is 10.0 Å². The molecule has 150 valence electrons. The maximum atomic E-state index is 12.9. The summed E-state index contributed by atoms with van der Waals surface area (Å²) >= 11 is 0. The number of rotatable bonds is 7. The molecule has 0 heterocycles. The molecular formula is C21H26N2O4S. The number of methoxy groups -OCH3 is 1. The highest BCUT2D eigenvalue weighted by Crippen LogP contribution is 2.27. The van der Waals surface area contributed by atoms with Crippen LogP contribution in [0.25, 0.3) is 0 Å². The summed E-state index contributed by atoms with van der Waals surface area (Å²) in [5, 5.41) is 2.67. The number of ether oxygens (including phenoxy) is 1. The zero-order valence-corrected chi connectivity index (χ0v) is 17.2. The van der Waals surface area contributed by atoms with Gasteiger partial charge in [0.15, 0.2) is 0 Å². The van der Waals surface area contributed by atoms with Crippen LogP contribution in [-0.4, -0.2) is 28.0 Å². The lowest BCUT2D eigenvalue weighted by Gasteiger charge is -2.17. The van der Waals surface area contributed by atoms with Gasteiger partial charge in [0.2, 0.25) is 10.0 Å². The summed E-state index contributed by atoms with van der Waals surface area (Å²) in [5.74, 6) is -0.0420. The van der Waals surface area contributed by atoms with Gasteiger partial charge in [-0.3, -0.25) is 4.79 Å². The van der Waals surface area contributed by atoms with Crippen molar-refractivity contribution in [3.8, 4) is 5.75 Å². The van der Waals surface area contributed by atoms with Gasteiger partial charge in [0.05, 0.1) is 17.6 Å². The Morgan fingerprint density at radius 3 is 2.61 bits per heavy atom. The molecule has 0 aliphatic heterocycles. The van der Waals surface area contributed by atoms with Crippen molar-refractivity contribution in [3.63, 3.8) is 0 Å². The molecule has 1 unspecified atom stereocenters. The van der Waals surface area contributed by atoms with Gasteiger partial charge in [0.1, 0.15) is 5.75 Å². The highest BCUT2D eigenvalue weighted by molar-refractivity contribution is 7.89. The monoisotopic (exact) mass is 402 g/mol. The summed E-state index contributed by atoms with van der Waals surface area (Å²) in [6.45, 7) is 4.06. The molecule has 3 rings (SSSR count). The van der Waals surface area contributed by atoms with Gasteiger partial charge in [0.25, 0.3) is 5.91 Å². The van der Waals surface area contributed by atoms with Crippen molar-refractivity contribution in [3.05, 3.63) is 58.7 Å². The van der Waals surface area contributed by atoms with Crippen molar-refractivity contribution in [2.24, 2.45) is 0 Å². The number of nitrogens with one attached hydrogen (secondary N) is 2. The molecule has 2 aromatic carbocycles. The van der Waals surface area contributed by atoms with Crippen LogP contribution in [0.1, 0.15) is 53.4 Å². The van der Waals surface area contributed by atoms with Crippen molar-refractivity contribution in [2.75, 3.05) is 13.7 Å². The van der Waals surface area contributed by atoms with Crippen molar-refractivity contribution >= 4 is 15.9 Å². The molecule has 2 aromatic rings. The van der Waals surface area contributed by atoms with E-state index in [2.05, 4.69) is 22.2 Å². The summed E-state index contributed by atoms with van der Waals surface area (Å²) < 4.78 is 33.7. The van der Waals surface area contributed by atoms with Crippen LogP contribution in [0.15, 0.2) is 41.3 Å². The van der Waals surface area contributed by atoms with Gasteiger partial charge in [-0.25, -0.2) is 13.1 Å². The van der Waals surface area contributed by atoms with Crippen LogP contribution in [-0.2, 0) is 22.9 Å². The molecule has 7 heteroatoms. The SMILES string of the molecule is CCNC(=O)c1cc(S(=O)(=O)NC(C)c2ccc3c(c2)CCC3)ccc1OC. The third kappa shape index (κ3) is 4.20. The Kier molecular flexibility index (Phi) is 6.05. The molecular weight excluding hydrogens is 376 g/mol. The zero-order valence-electron chi connectivity index (χ0n) is 16.4. The van der Waals surface area contributed by atoms with Crippen LogP contribution in [0, 0.1) is 0 Å². The molecule has 28 heavy (non-hydrogen) atoms. The zero-order chi connectivity index (χ0) is 20.3. The summed E-state index contributed by atoms with van der Waals surface area (Å²) in [7, 11) is -2.36. The third-order valence-corrected chi connectivity index (χ3v) is 6.56. The third-order valence-electron chi connectivity index (χ3n) is 5.02. The van der Waals surface area contributed by atoms with E-state index in [1.54, 1.807) is 6.92 Å². The van der Waals surface area contributed by atoms with Crippen molar-refractivity contribution < 1.29 is 17.9 Å². The fourth-order valence-corrected chi connectivity index (χ4v) is 4.78. The molecule has 0 aromatic heterocycles. The molecule has 0 radical (unpaired) electrons. The average molecular weight is 403 g/mol. The van der Waals surface area contributed by atoms with E-state index < -0.39 is 10.0 Å². The smallest absolute Gasteiger partial charge is 0.255 e. The van der Waals surface area contributed by atoms with E-state index in [4.69, 9.17) is 4.74 Å². The Bertz CT molecular complexity index is 986. The number of hydrogen-bond donors (Lipinski definition) is 2. The maximum absolute atomic E-state index is 12.9. The normalized spacial score (nSPS) is 14.4. The van der Waals surface area contributed by atoms with Gasteiger partial charge in [-0.2, -0.15) is 0 Å². The first kappa shape index (κ1) is 20.4. The molecule has 2 N–H and O–H groups in total. The standard InChI is InChI=1S/C21H26N2O4S/c1-4-22-21(24)19-13-18(10-11-20(19)27-3)28(25,26)23-14(2)16-9-8-15-6-5-7-17(15)12-16/h8-14,23H,4-7H2,1-3H3,(H,22,24). The first-order valence-electron chi connectivity index (χ1n) is 9.46. The Morgan fingerprint density at radius 1 is 1.14 bits per heavy atom. The maximum Gasteiger partial charge on any atom is 0.255 e. The summed E-state index contributed by atoms with van der Waals surface area (Å²) in [6, 6.07) is 10.1. The van der Waals surface area contributed by atoms with Crippen molar-refractivity contribution in [1.29, 1.82) is 0 Å². The fourth-order valence-electron chi connectivity index (χ4n) is 3.52. The van der Waals surface area contributed by atoms with Gasteiger partial charge in [-0.05, 0) is 68.0 Å². The number of carbonyl (C=O) groups is 1. The first-order chi connectivity index (χ1) is 13.4. The van der Waals surface area contributed by atoms with E-state index in [0.29, 0.717) is 12.3 Å². The Balaban J connectivity index is 1.86. The molecule has 1 atom stereocenters. The molecule has 1 aliphatic rings. The van der Waals surface area contributed by atoms with Gasteiger partial charge in [-0.1, -0.05) is 18.2 Å². The fraction of sp³-hybridized carbons (Fsp3) is 0.381. The minimum Gasteiger partial charge on any atom is -0.496 e. The molecule has 0 saturated carbocycles. The Hall–Kier alpha value is -2.38. The van der Waals surface area contributed by atoms with Crippen LogP contribution in [0.2, 0.25) is 0 Å². The number of hydrogen-bond acceptors (Lipinski definition) is 4. The van der Waals surface area contributed by atoms with E-state index >= 15 is 0 Å². The molecule has 0 spiro atoms. The quantitative estimate of drug-likeness (QED) is 0.746. The largest absolute Gasteiger partial charge is 0.496 e. The van der Waals surface area contributed by atoms with Gasteiger partial charge in [0, 0.05) is 12.6 Å². The van der Waals surface area contributed by atoms with E-state index in [1.165, 1.54) is 36.4 Å². The van der Waals surface area contributed by atoms with Gasteiger partial charge >= 0.3 is 0 Å². The number of benzene rings is 2. The first-order valence-corrected chi connectivity index (χ1v) is 10.9. The number of carbonyl (C=O) groups excluding carboxylic acids is 1. The molecule has 0 saturated heterocycles. The highest BCUT2D eigenvalue weighted by atomic mass is 32.2. The van der Waals surface area contributed by atoms with Crippen LogP contribution >= 0.6 is 0 Å². The summed E-state index contributed by atoms with van der Waals surface area (Å²) in [4.78, 5) is 12.3. The van der Waals surface area contributed by atoms with Crippen LogP contribution in [0.3, 0.4) is 0 Å². The average Bonchev–Trinajstić information content (AvgIpc) is 3.15. The molecule has 1 amide bonds. The van der Waals surface area contributed by atoms with E-state index in [-0.39, 0.29) is 22.4 Å². The highest BCUT2D eigenvalue weighted by Gasteiger charge is 2.23. The lowest BCUT2D eigenvalue weighted by molar-refractivity contribution is 0.0952. The van der Waals surface area contributed by atoms with Gasteiger partial charge < -0.3 is 10.1 Å². The van der Waals surface area contributed by atoms with Gasteiger partial charge in [-0.15, -0.1) is 0 Å². The number of amides is 1. The predicted octanol–water partition coefficient (Wildman–Crippen LogP) is 2.97. The second-order valence-corrected chi connectivity index (χ2v) is 8.66. The van der Waals surface area contributed by atoms with Crippen molar-refractivity contribution in [2.45, 2.75) is 44.0 Å². The molecule has 6 nitrogen and oxygen atoms in total. The van der Waals surface area contributed by atoms with E-state index in [9.17, 15) is 13.2 Å². The second-order valence-electron chi connectivity index (χ2n) is 6.95. The lowest BCUT2D eigenvalue weighted by atomic mass is 10.0. The summed E-state index contributed by atoms with van der Waals surface area (Å²) in [6.07, 6.45) is 3.27. The molecule has 0 bridgehead atoms. The number of sulfonamides is 1.